The van der Waals surface area contributed by atoms with Crippen LogP contribution in [0.3, 0.4) is 0 Å². The van der Waals surface area contributed by atoms with Gasteiger partial charge in [-0.15, -0.1) is 5.10 Å². The molecule has 0 unspecified atom stereocenters. The van der Waals surface area contributed by atoms with Crippen LogP contribution in [-0.2, 0) is 17.8 Å². The van der Waals surface area contributed by atoms with Crippen LogP contribution in [0.1, 0.15) is 12.1 Å². The summed E-state index contributed by atoms with van der Waals surface area (Å²) < 4.78 is 2.61. The largest absolute Gasteiger partial charge is 0.330 e. The summed E-state index contributed by atoms with van der Waals surface area (Å²) in [5.74, 6) is -0.123. The standard InChI is InChI=1S/C13H16IN5O/c14-10-3-1-4-11(7-10)16-13(20)9-19-8-12(17-18-19)5-2-6-15/h1,3-4,7-8H,2,5-6,9,15H2,(H,16,20). The first-order valence-electron chi connectivity index (χ1n) is 6.32. The van der Waals surface area contributed by atoms with E-state index < -0.39 is 0 Å². The molecule has 2 rings (SSSR count). The number of aryl methyl sites for hydroxylation is 1. The van der Waals surface area contributed by atoms with E-state index in [9.17, 15) is 4.79 Å². The number of nitrogens with zero attached hydrogens (tertiary/aromatic N) is 3. The fourth-order valence-corrected chi connectivity index (χ4v) is 2.27. The number of amides is 1. The average molecular weight is 385 g/mol. The van der Waals surface area contributed by atoms with Gasteiger partial charge in [0, 0.05) is 15.5 Å². The summed E-state index contributed by atoms with van der Waals surface area (Å²) in [6.45, 7) is 0.779. The van der Waals surface area contributed by atoms with Gasteiger partial charge in [0.1, 0.15) is 6.54 Å². The van der Waals surface area contributed by atoms with Crippen LogP contribution in [-0.4, -0.2) is 27.4 Å². The van der Waals surface area contributed by atoms with Crippen LogP contribution in [0.5, 0.6) is 0 Å². The number of hydrogen-bond donors (Lipinski definition) is 2. The van der Waals surface area contributed by atoms with Crippen LogP contribution in [0.15, 0.2) is 30.5 Å². The molecule has 1 aromatic carbocycles. The quantitative estimate of drug-likeness (QED) is 0.737. The van der Waals surface area contributed by atoms with Crippen molar-refractivity contribution in [3.05, 3.63) is 39.7 Å². The van der Waals surface area contributed by atoms with E-state index in [-0.39, 0.29) is 12.5 Å². The van der Waals surface area contributed by atoms with Gasteiger partial charge in [0.05, 0.1) is 5.69 Å². The highest BCUT2D eigenvalue weighted by Crippen LogP contribution is 2.12. The van der Waals surface area contributed by atoms with Gasteiger partial charge in [-0.1, -0.05) is 11.3 Å². The molecule has 1 aromatic heterocycles. The lowest BCUT2D eigenvalue weighted by Gasteiger charge is -2.05. The molecule has 1 amide bonds. The summed E-state index contributed by atoms with van der Waals surface area (Å²) >= 11 is 2.20. The number of rotatable bonds is 6. The lowest BCUT2D eigenvalue weighted by molar-refractivity contribution is -0.116. The van der Waals surface area contributed by atoms with Gasteiger partial charge < -0.3 is 11.1 Å². The molecule has 106 valence electrons. The topological polar surface area (TPSA) is 85.8 Å². The van der Waals surface area contributed by atoms with E-state index >= 15 is 0 Å². The molecular weight excluding hydrogens is 369 g/mol. The summed E-state index contributed by atoms with van der Waals surface area (Å²) in [7, 11) is 0. The van der Waals surface area contributed by atoms with Gasteiger partial charge in [-0.2, -0.15) is 0 Å². The van der Waals surface area contributed by atoms with Crippen molar-refractivity contribution in [1.82, 2.24) is 15.0 Å². The number of anilines is 1. The summed E-state index contributed by atoms with van der Waals surface area (Å²) in [5.41, 5.74) is 7.08. The van der Waals surface area contributed by atoms with Gasteiger partial charge in [-0.3, -0.25) is 4.79 Å². The zero-order chi connectivity index (χ0) is 14.4. The Hall–Kier alpha value is -1.48. The van der Waals surface area contributed by atoms with Crippen molar-refractivity contribution in [2.75, 3.05) is 11.9 Å². The van der Waals surface area contributed by atoms with Crippen LogP contribution in [0, 0.1) is 3.57 Å². The summed E-state index contributed by atoms with van der Waals surface area (Å²) in [6, 6.07) is 7.63. The van der Waals surface area contributed by atoms with E-state index in [1.807, 2.05) is 24.3 Å². The third-order valence-corrected chi connectivity index (χ3v) is 3.31. The molecule has 0 atom stereocenters. The fraction of sp³-hybridized carbons (Fsp3) is 0.308. The number of carbonyl (C=O) groups is 1. The normalized spacial score (nSPS) is 10.5. The number of nitrogens with one attached hydrogen (secondary N) is 1. The number of hydrogen-bond acceptors (Lipinski definition) is 4. The summed E-state index contributed by atoms with van der Waals surface area (Å²) in [4.78, 5) is 11.9. The maximum absolute atomic E-state index is 11.9. The van der Waals surface area contributed by atoms with Crippen LogP contribution >= 0.6 is 22.6 Å². The molecule has 6 nitrogen and oxygen atoms in total. The molecule has 20 heavy (non-hydrogen) atoms. The van der Waals surface area contributed by atoms with E-state index in [4.69, 9.17) is 5.73 Å². The molecule has 0 saturated carbocycles. The van der Waals surface area contributed by atoms with Crippen molar-refractivity contribution in [2.45, 2.75) is 19.4 Å². The first-order chi connectivity index (χ1) is 9.67. The smallest absolute Gasteiger partial charge is 0.246 e. The Morgan fingerprint density at radius 2 is 2.30 bits per heavy atom. The number of nitrogens with two attached hydrogens (primary N) is 1. The van der Waals surface area contributed by atoms with Crippen molar-refractivity contribution in [1.29, 1.82) is 0 Å². The van der Waals surface area contributed by atoms with Crippen molar-refractivity contribution >= 4 is 34.2 Å². The van der Waals surface area contributed by atoms with Crippen LogP contribution in [0.25, 0.3) is 0 Å². The molecule has 0 aliphatic rings. The van der Waals surface area contributed by atoms with E-state index in [0.717, 1.165) is 27.8 Å². The van der Waals surface area contributed by atoms with E-state index in [0.29, 0.717) is 6.54 Å². The van der Waals surface area contributed by atoms with Crippen molar-refractivity contribution in [2.24, 2.45) is 5.73 Å². The highest BCUT2D eigenvalue weighted by Gasteiger charge is 2.06. The Kier molecular flexibility index (Phi) is 5.48. The van der Waals surface area contributed by atoms with Crippen LogP contribution in [0.4, 0.5) is 5.69 Å². The Labute approximate surface area is 130 Å². The van der Waals surface area contributed by atoms with Gasteiger partial charge in [-0.25, -0.2) is 4.68 Å². The Bertz CT molecular complexity index is 584. The van der Waals surface area contributed by atoms with Crippen LogP contribution in [0.2, 0.25) is 0 Å². The van der Waals surface area contributed by atoms with E-state index in [1.165, 1.54) is 4.68 Å². The van der Waals surface area contributed by atoms with Gasteiger partial charge in [0.2, 0.25) is 5.91 Å². The minimum atomic E-state index is -0.123. The molecule has 0 saturated heterocycles. The molecule has 0 aliphatic heterocycles. The van der Waals surface area contributed by atoms with Gasteiger partial charge in [0.25, 0.3) is 0 Å². The molecule has 0 spiro atoms. The Morgan fingerprint density at radius 3 is 3.05 bits per heavy atom. The molecule has 0 radical (unpaired) electrons. The first-order valence-corrected chi connectivity index (χ1v) is 7.40. The zero-order valence-corrected chi connectivity index (χ0v) is 13.1. The molecule has 3 N–H and O–H groups in total. The SMILES string of the molecule is NCCCc1cn(CC(=O)Nc2cccc(I)c2)nn1. The Morgan fingerprint density at radius 1 is 1.45 bits per heavy atom. The predicted molar refractivity (Wildman–Crippen MR) is 85.2 cm³/mol. The predicted octanol–water partition coefficient (Wildman–Crippen LogP) is 1.41. The highest BCUT2D eigenvalue weighted by atomic mass is 127. The second-order valence-electron chi connectivity index (χ2n) is 4.36. The lowest BCUT2D eigenvalue weighted by Crippen LogP contribution is -2.19. The van der Waals surface area contributed by atoms with Crippen molar-refractivity contribution in [3.63, 3.8) is 0 Å². The summed E-state index contributed by atoms with van der Waals surface area (Å²) in [5, 5.41) is 10.8. The molecule has 0 fully saturated rings. The maximum Gasteiger partial charge on any atom is 0.246 e. The second kappa shape index (κ2) is 7.34. The van der Waals surface area contributed by atoms with Crippen LogP contribution < -0.4 is 11.1 Å². The average Bonchev–Trinajstić information content (AvgIpc) is 2.83. The lowest BCUT2D eigenvalue weighted by atomic mass is 10.2. The van der Waals surface area contributed by atoms with Crippen molar-refractivity contribution in [3.8, 4) is 0 Å². The Balaban J connectivity index is 1.89. The number of carbonyl (C=O) groups excluding carboxylic acids is 1. The van der Waals surface area contributed by atoms with Gasteiger partial charge in [-0.05, 0) is 60.2 Å². The minimum Gasteiger partial charge on any atom is -0.330 e. The summed E-state index contributed by atoms with van der Waals surface area (Å²) in [6.07, 6.45) is 3.44. The van der Waals surface area contributed by atoms with E-state index in [2.05, 4.69) is 38.2 Å². The number of aromatic nitrogens is 3. The fourth-order valence-electron chi connectivity index (χ4n) is 1.73. The molecule has 0 aliphatic carbocycles. The monoisotopic (exact) mass is 385 g/mol. The van der Waals surface area contributed by atoms with Crippen molar-refractivity contribution < 1.29 is 4.79 Å². The molecule has 0 bridgehead atoms. The molecular formula is C13H16IN5O. The zero-order valence-electron chi connectivity index (χ0n) is 10.9. The molecule has 1 heterocycles. The third-order valence-electron chi connectivity index (χ3n) is 2.64. The second-order valence-corrected chi connectivity index (χ2v) is 5.60. The highest BCUT2D eigenvalue weighted by molar-refractivity contribution is 14.1. The van der Waals surface area contributed by atoms with Gasteiger partial charge >= 0.3 is 0 Å². The van der Waals surface area contributed by atoms with Gasteiger partial charge in [0.15, 0.2) is 0 Å². The number of halogens is 1. The maximum atomic E-state index is 11.9. The third kappa shape index (κ3) is 4.57. The molecule has 7 heteroatoms. The minimum absolute atomic E-state index is 0.123. The molecule has 2 aromatic rings. The number of benzene rings is 1. The van der Waals surface area contributed by atoms with E-state index in [1.54, 1.807) is 6.20 Å². The first kappa shape index (κ1) is 14.9.